The Morgan fingerprint density at radius 1 is 1.14 bits per heavy atom. The number of ether oxygens (including phenoxy) is 1. The molecule has 22 heavy (non-hydrogen) atoms. The van der Waals surface area contributed by atoms with Gasteiger partial charge in [0.2, 0.25) is 0 Å². The maximum atomic E-state index is 11.3. The van der Waals surface area contributed by atoms with Crippen molar-refractivity contribution >= 4 is 15.8 Å². The normalized spacial score (nSPS) is 11.2. The average molecular weight is 322 g/mol. The molecule has 0 heterocycles. The first kappa shape index (κ1) is 15.9. The summed E-state index contributed by atoms with van der Waals surface area (Å²) in [6.07, 6.45) is -0.0643. The molecule has 0 radical (unpaired) electrons. The smallest absolute Gasteiger partial charge is 0.272 e. The van der Waals surface area contributed by atoms with Gasteiger partial charge in [0.05, 0.1) is 16.9 Å². The predicted octanol–water partition coefficient (Wildman–Crippen LogP) is 2.10. The fraction of sp³-hybridized carbons (Fsp3) is 0.143. The number of hydrogen-bond acceptors (Lipinski definition) is 6. The van der Waals surface area contributed by atoms with Gasteiger partial charge in [-0.15, -0.1) is 0 Å². The fourth-order valence-corrected chi connectivity index (χ4v) is 2.80. The largest absolute Gasteiger partial charge is 0.744 e. The third kappa shape index (κ3) is 3.41. The van der Waals surface area contributed by atoms with E-state index >= 15 is 0 Å². The van der Waals surface area contributed by atoms with E-state index in [1.165, 1.54) is 37.4 Å². The lowest BCUT2D eigenvalue weighted by atomic mass is 10.0. The van der Waals surface area contributed by atoms with Crippen LogP contribution in [0.1, 0.15) is 11.1 Å². The van der Waals surface area contributed by atoms with E-state index in [4.69, 9.17) is 4.74 Å². The van der Waals surface area contributed by atoms with Crippen molar-refractivity contribution in [2.24, 2.45) is 0 Å². The van der Waals surface area contributed by atoms with E-state index in [1.807, 2.05) is 0 Å². The molecule has 0 fully saturated rings. The molecule has 8 heteroatoms. The monoisotopic (exact) mass is 322 g/mol. The molecule has 0 unspecified atom stereocenters. The summed E-state index contributed by atoms with van der Waals surface area (Å²) in [6, 6.07) is 9.84. The van der Waals surface area contributed by atoms with Gasteiger partial charge in [0.25, 0.3) is 5.69 Å². The minimum atomic E-state index is -4.69. The molecule has 0 saturated heterocycles. The predicted molar refractivity (Wildman–Crippen MR) is 76.9 cm³/mol. The van der Waals surface area contributed by atoms with Crippen LogP contribution in [0.2, 0.25) is 0 Å². The molecule has 7 nitrogen and oxygen atoms in total. The Kier molecular flexibility index (Phi) is 4.43. The van der Waals surface area contributed by atoms with Crippen LogP contribution in [-0.2, 0) is 16.5 Å². The van der Waals surface area contributed by atoms with Gasteiger partial charge in [-0.2, -0.15) is 0 Å². The summed E-state index contributed by atoms with van der Waals surface area (Å²) < 4.78 is 39.0. The molecule has 2 aromatic carbocycles. The second-order valence-corrected chi connectivity index (χ2v) is 5.84. The second kappa shape index (κ2) is 6.12. The Bertz CT molecular complexity index is 816. The number of methoxy groups -OCH3 is 1. The lowest BCUT2D eigenvalue weighted by Gasteiger charge is -2.14. The molecule has 0 N–H and O–H groups in total. The highest BCUT2D eigenvalue weighted by molar-refractivity contribution is 7.85. The quantitative estimate of drug-likeness (QED) is 0.473. The Labute approximate surface area is 127 Å². The van der Waals surface area contributed by atoms with Crippen LogP contribution in [0.15, 0.2) is 47.4 Å². The van der Waals surface area contributed by atoms with Crippen LogP contribution in [0.25, 0.3) is 0 Å². The summed E-state index contributed by atoms with van der Waals surface area (Å²) in [6.45, 7) is 0. The summed E-state index contributed by atoms with van der Waals surface area (Å²) >= 11 is 0. The molecular formula is C14H12NO6S-. The Balaban J connectivity index is 2.56. The highest BCUT2D eigenvalue weighted by atomic mass is 32.2. The van der Waals surface area contributed by atoms with Gasteiger partial charge in [0.15, 0.2) is 0 Å². The number of benzene rings is 2. The molecule has 0 aliphatic carbocycles. The van der Waals surface area contributed by atoms with Gasteiger partial charge in [0.1, 0.15) is 15.9 Å². The van der Waals surface area contributed by atoms with Crippen LogP contribution in [0.3, 0.4) is 0 Å². The van der Waals surface area contributed by atoms with Crippen LogP contribution >= 0.6 is 0 Å². The van der Waals surface area contributed by atoms with Crippen LogP contribution in [0, 0.1) is 10.1 Å². The first-order valence-electron chi connectivity index (χ1n) is 6.18. The van der Waals surface area contributed by atoms with Crippen LogP contribution in [0.4, 0.5) is 5.69 Å². The van der Waals surface area contributed by atoms with Crippen LogP contribution in [0.5, 0.6) is 5.75 Å². The van der Waals surface area contributed by atoms with Crippen molar-refractivity contribution in [1.29, 1.82) is 0 Å². The first-order chi connectivity index (χ1) is 10.3. The van der Waals surface area contributed by atoms with E-state index in [9.17, 15) is 23.1 Å². The number of rotatable bonds is 5. The second-order valence-electron chi connectivity index (χ2n) is 4.49. The molecule has 0 aromatic heterocycles. The highest BCUT2D eigenvalue weighted by Crippen LogP contribution is 2.27. The minimum absolute atomic E-state index is 0.0643. The Morgan fingerprint density at radius 3 is 2.41 bits per heavy atom. The highest BCUT2D eigenvalue weighted by Gasteiger charge is 2.17. The zero-order chi connectivity index (χ0) is 16.3. The zero-order valence-electron chi connectivity index (χ0n) is 11.6. The summed E-state index contributed by atoms with van der Waals surface area (Å²) in [7, 11) is -3.29. The van der Waals surface area contributed by atoms with Gasteiger partial charge in [0, 0.05) is 18.1 Å². The van der Waals surface area contributed by atoms with Crippen LogP contribution in [-0.4, -0.2) is 25.0 Å². The maximum absolute atomic E-state index is 11.3. The Hall–Kier alpha value is -2.45. The molecule has 116 valence electrons. The summed E-state index contributed by atoms with van der Waals surface area (Å²) in [5.74, 6) is 0.362. The van der Waals surface area contributed by atoms with Gasteiger partial charge < -0.3 is 9.29 Å². The molecule has 0 saturated carbocycles. The number of nitrogens with zero attached hydrogens (tertiary/aromatic N) is 1. The van der Waals surface area contributed by atoms with Gasteiger partial charge in [-0.05, 0) is 23.8 Å². The molecule has 0 aliphatic rings. The molecule has 0 aliphatic heterocycles. The zero-order valence-corrected chi connectivity index (χ0v) is 12.4. The average Bonchev–Trinajstić information content (AvgIpc) is 2.46. The van der Waals surface area contributed by atoms with Crippen molar-refractivity contribution in [2.45, 2.75) is 11.3 Å². The first-order valence-corrected chi connectivity index (χ1v) is 7.59. The number of para-hydroxylation sites is 1. The van der Waals surface area contributed by atoms with Crippen molar-refractivity contribution in [3.05, 3.63) is 63.7 Å². The fourth-order valence-electron chi connectivity index (χ4n) is 2.11. The van der Waals surface area contributed by atoms with Crippen molar-refractivity contribution < 1.29 is 22.6 Å². The van der Waals surface area contributed by atoms with E-state index in [0.29, 0.717) is 11.3 Å². The molecule has 0 amide bonds. The standard InChI is InChI=1S/C14H13NO6S/c1-21-12-6-7-14(22(18,19)20)11(9-12)8-10-4-2-3-5-13(10)15(16)17/h2-7,9H,8H2,1H3,(H,18,19,20)/p-1. The van der Waals surface area contributed by atoms with E-state index in [1.54, 1.807) is 6.07 Å². The summed E-state index contributed by atoms with van der Waals surface area (Å²) in [5, 5.41) is 11.0. The Morgan fingerprint density at radius 2 is 1.82 bits per heavy atom. The number of hydrogen-bond donors (Lipinski definition) is 0. The molecule has 0 atom stereocenters. The summed E-state index contributed by atoms with van der Waals surface area (Å²) in [4.78, 5) is 10.1. The molecule has 0 bridgehead atoms. The van der Waals surface area contributed by atoms with Crippen LogP contribution < -0.4 is 4.74 Å². The maximum Gasteiger partial charge on any atom is 0.272 e. The van der Waals surface area contributed by atoms with E-state index < -0.39 is 19.9 Å². The van der Waals surface area contributed by atoms with E-state index in [0.717, 1.165) is 6.07 Å². The van der Waals surface area contributed by atoms with E-state index in [-0.39, 0.29) is 17.7 Å². The number of nitro groups is 1. The molecular weight excluding hydrogens is 310 g/mol. The minimum Gasteiger partial charge on any atom is -0.744 e. The van der Waals surface area contributed by atoms with Gasteiger partial charge in [-0.25, -0.2) is 8.42 Å². The molecule has 2 aromatic rings. The third-order valence-electron chi connectivity index (χ3n) is 3.11. The SMILES string of the molecule is COc1ccc(S(=O)(=O)[O-])c(Cc2ccccc2[N+](=O)[O-])c1. The van der Waals surface area contributed by atoms with Gasteiger partial charge >= 0.3 is 0 Å². The van der Waals surface area contributed by atoms with E-state index in [2.05, 4.69) is 0 Å². The van der Waals surface area contributed by atoms with Gasteiger partial charge in [-0.3, -0.25) is 10.1 Å². The number of nitro benzene ring substituents is 1. The van der Waals surface area contributed by atoms with Crippen molar-refractivity contribution in [3.63, 3.8) is 0 Å². The topological polar surface area (TPSA) is 110 Å². The van der Waals surface area contributed by atoms with Crippen molar-refractivity contribution in [3.8, 4) is 5.75 Å². The molecule has 2 rings (SSSR count). The molecule has 0 spiro atoms. The van der Waals surface area contributed by atoms with Crippen molar-refractivity contribution in [1.82, 2.24) is 0 Å². The lowest BCUT2D eigenvalue weighted by molar-refractivity contribution is -0.385. The van der Waals surface area contributed by atoms with Crippen molar-refractivity contribution in [2.75, 3.05) is 7.11 Å². The lowest BCUT2D eigenvalue weighted by Crippen LogP contribution is -2.05. The summed E-state index contributed by atoms with van der Waals surface area (Å²) in [5.41, 5.74) is 0.328. The van der Waals surface area contributed by atoms with Gasteiger partial charge in [-0.1, -0.05) is 18.2 Å². The third-order valence-corrected chi connectivity index (χ3v) is 4.04.